The van der Waals surface area contributed by atoms with Crippen molar-refractivity contribution < 1.29 is 34.4 Å². The zero-order chi connectivity index (χ0) is 2.71. The minimum absolute atomic E-state index is 0. The van der Waals surface area contributed by atoms with Gasteiger partial charge in [0.15, 0.2) is 0 Å². The molecule has 0 saturated carbocycles. The summed E-state index contributed by atoms with van der Waals surface area (Å²) in [7, 11) is 0. The van der Waals surface area contributed by atoms with Gasteiger partial charge in [-0.05, 0) is 0 Å². The summed E-state index contributed by atoms with van der Waals surface area (Å²) in [4.78, 5) is 0.991. The third-order valence-electron chi connectivity index (χ3n) is 0. The second-order valence-electron chi connectivity index (χ2n) is 0.0845. The molecule has 39 valence electrons. The van der Waals surface area contributed by atoms with E-state index in [9.17, 15) is 0 Å². The Balaban J connectivity index is -0.00000000333. The predicted octanol–water partition coefficient (Wildman–Crippen LogP) is -0.739. The molecule has 0 amide bonds. The molecule has 0 aliphatic rings. The van der Waals surface area contributed by atoms with Gasteiger partial charge in [0.2, 0.25) is 0 Å². The Labute approximate surface area is 147 Å². The maximum atomic E-state index is 2.48. The van der Waals surface area contributed by atoms with Crippen LogP contribution in [0.15, 0.2) is 0 Å². The molecule has 0 heterocycles. The van der Waals surface area contributed by atoms with E-state index in [0.717, 1.165) is 4.91 Å². The molecule has 0 aliphatic carbocycles. The van der Waals surface area contributed by atoms with Gasteiger partial charge in [0.05, 0.1) is 0 Å². The molecule has 0 aliphatic heterocycles. The number of hydrogen-bond acceptors (Lipinski definition) is 0. The summed E-state index contributed by atoms with van der Waals surface area (Å²) in [6.07, 6.45) is 0. The van der Waals surface area contributed by atoms with E-state index < -0.39 is 0 Å². The average Bonchev–Trinajstić information content (AvgIpc) is 0.918. The van der Waals surface area contributed by atoms with Crippen LogP contribution < -0.4 is 0 Å². The molecule has 0 N–H and O–H groups in total. The van der Waals surface area contributed by atoms with Gasteiger partial charge in [-0.15, -0.1) is 0 Å². The fourth-order valence-corrected chi connectivity index (χ4v) is 0. The average molecular weight is 412 g/mol. The van der Waals surface area contributed by atoms with Crippen molar-refractivity contribution in [3.63, 3.8) is 0 Å². The standard InChI is InChI=1S/Cr.H2IPSe.K.Mg.Mn.3H/c;1-2-3;;;;;;/h;2-3H;;;;;;. The van der Waals surface area contributed by atoms with Crippen molar-refractivity contribution in [2.75, 3.05) is 0 Å². The molecular weight excluding hydrogens is 407 g/mol. The maximum absolute atomic E-state index is 2.48. The predicted molar refractivity (Wildman–Crippen MR) is 45.2 cm³/mol. The Morgan fingerprint density at radius 2 is 1.43 bits per heavy atom. The third-order valence-corrected chi connectivity index (χ3v) is 0. The van der Waals surface area contributed by atoms with Crippen LogP contribution in [0.1, 0.15) is 0 Å². The van der Waals surface area contributed by atoms with E-state index in [2.05, 4.69) is 37.6 Å². The number of hydrogen-bond donors (Lipinski definition) is 0. The molecule has 7 heavy (non-hydrogen) atoms. The van der Waals surface area contributed by atoms with Gasteiger partial charge in [0, 0.05) is 34.4 Å². The SMILES string of the molecule is [Cr].[KH].[MgH2].[Mn].[SeH]PI. The van der Waals surface area contributed by atoms with E-state index >= 15 is 0 Å². The zero-order valence-electron chi connectivity index (χ0n) is 2.11. The fraction of sp³-hybridized carbons (Fsp3) is 0. The van der Waals surface area contributed by atoms with Gasteiger partial charge < -0.3 is 0 Å². The molecule has 0 aromatic rings. The van der Waals surface area contributed by atoms with Crippen molar-refractivity contribution in [2.24, 2.45) is 0 Å². The Morgan fingerprint density at radius 3 is 1.43 bits per heavy atom. The van der Waals surface area contributed by atoms with Crippen molar-refractivity contribution in [3.05, 3.63) is 0 Å². The Bertz CT molecular complexity index is 19.7. The molecule has 7 heteroatoms. The summed E-state index contributed by atoms with van der Waals surface area (Å²) in [5, 5.41) is 0. The molecule has 0 rings (SSSR count). The Kier molecular flexibility index (Phi) is 128. The quantitative estimate of drug-likeness (QED) is 0.280. The fourth-order valence-electron chi connectivity index (χ4n) is 0. The third kappa shape index (κ3) is 35.2. The van der Waals surface area contributed by atoms with Gasteiger partial charge in [-0.1, -0.05) is 0 Å². The van der Waals surface area contributed by atoms with Crippen molar-refractivity contribution in [2.45, 2.75) is 0 Å². The van der Waals surface area contributed by atoms with E-state index in [-0.39, 0.29) is 109 Å². The molecule has 0 bridgehead atoms. The van der Waals surface area contributed by atoms with Crippen molar-refractivity contribution in [3.8, 4) is 0 Å². The van der Waals surface area contributed by atoms with E-state index in [1.807, 2.05) is 0 Å². The van der Waals surface area contributed by atoms with Crippen LogP contribution in [0.25, 0.3) is 0 Å². The van der Waals surface area contributed by atoms with Gasteiger partial charge in [0.25, 0.3) is 0 Å². The van der Waals surface area contributed by atoms with Crippen LogP contribution in [0, 0.1) is 0 Å². The normalized spacial score (nSPS) is 4.29. The molecule has 0 fully saturated rings. The monoisotopic (exact) mass is 413 g/mol. The van der Waals surface area contributed by atoms with E-state index in [1.54, 1.807) is 0 Å². The van der Waals surface area contributed by atoms with E-state index in [0.29, 0.717) is 0 Å². The second kappa shape index (κ2) is 30.4. The van der Waals surface area contributed by atoms with Crippen LogP contribution >= 0.6 is 27.0 Å². The molecule has 0 saturated heterocycles. The van der Waals surface area contributed by atoms with Crippen molar-refractivity contribution in [1.82, 2.24) is 0 Å². The van der Waals surface area contributed by atoms with Crippen molar-refractivity contribution >= 4 is 117 Å². The van der Waals surface area contributed by atoms with Gasteiger partial charge >= 0.3 is 117 Å². The molecule has 1 unspecified atom stereocenters. The Morgan fingerprint density at radius 1 is 1.43 bits per heavy atom. The first kappa shape index (κ1) is 29.6. The summed E-state index contributed by atoms with van der Waals surface area (Å²) in [5.41, 5.74) is 0. The molecule has 0 spiro atoms. The molecule has 0 nitrogen and oxygen atoms in total. The van der Waals surface area contributed by atoms with Crippen LogP contribution in [0.3, 0.4) is 0 Å². The summed E-state index contributed by atoms with van der Waals surface area (Å²) >= 11 is 4.77. The van der Waals surface area contributed by atoms with Gasteiger partial charge in [0.1, 0.15) is 0 Å². The summed E-state index contributed by atoms with van der Waals surface area (Å²) in [5.74, 6) is 0. The molecule has 1 atom stereocenters. The zero-order valence-corrected chi connectivity index (χ0v) is 9.60. The minimum atomic E-state index is 0. The molecule has 0 aromatic heterocycles. The first-order valence-electron chi connectivity index (χ1n) is 0.413. The summed E-state index contributed by atoms with van der Waals surface area (Å²) < 4.78 is 0. The second-order valence-corrected chi connectivity index (χ2v) is 8.84. The van der Waals surface area contributed by atoms with E-state index in [4.69, 9.17) is 0 Å². The van der Waals surface area contributed by atoms with E-state index in [1.165, 1.54) is 0 Å². The van der Waals surface area contributed by atoms with Crippen LogP contribution in [-0.2, 0) is 34.4 Å². The summed E-state index contributed by atoms with van der Waals surface area (Å²) in [6, 6.07) is 0. The first-order chi connectivity index (χ1) is 1.41. The van der Waals surface area contributed by atoms with Crippen LogP contribution in [0.4, 0.5) is 0 Å². The molecular formula is H5CrIKMgMnPSe. The number of rotatable bonds is 0. The van der Waals surface area contributed by atoms with Crippen molar-refractivity contribution in [1.29, 1.82) is 0 Å². The topological polar surface area (TPSA) is 0 Å². The number of halogens is 1. The van der Waals surface area contributed by atoms with Gasteiger partial charge in [-0.3, -0.25) is 0 Å². The van der Waals surface area contributed by atoms with Gasteiger partial charge in [-0.2, -0.15) is 0 Å². The molecule has 1 radical (unpaired) electrons. The summed E-state index contributed by atoms with van der Waals surface area (Å²) in [6.45, 7) is 0. The molecule has 0 aromatic carbocycles. The Hall–Kier alpha value is 5.13. The van der Waals surface area contributed by atoms with Crippen LogP contribution in [0.5, 0.6) is 0 Å². The van der Waals surface area contributed by atoms with Crippen LogP contribution in [-0.4, -0.2) is 90.0 Å². The van der Waals surface area contributed by atoms with Crippen LogP contribution in [0.2, 0.25) is 0 Å². The first-order valence-corrected chi connectivity index (χ1v) is 7.29. The van der Waals surface area contributed by atoms with Gasteiger partial charge in [-0.25, -0.2) is 0 Å².